The molecule has 0 spiro atoms. The van der Waals surface area contributed by atoms with Gasteiger partial charge in [0.05, 0.1) is 5.56 Å². The summed E-state index contributed by atoms with van der Waals surface area (Å²) in [7, 11) is 0. The van der Waals surface area contributed by atoms with Gasteiger partial charge in [-0.15, -0.1) is 11.3 Å². The lowest BCUT2D eigenvalue weighted by Crippen LogP contribution is -2.56. The van der Waals surface area contributed by atoms with Crippen LogP contribution in [0.2, 0.25) is 0 Å². The highest BCUT2D eigenvalue weighted by molar-refractivity contribution is 7.10. The summed E-state index contributed by atoms with van der Waals surface area (Å²) in [5, 5.41) is 15.1. The Morgan fingerprint density at radius 2 is 2.05 bits per heavy atom. The van der Waals surface area contributed by atoms with Crippen molar-refractivity contribution >= 4 is 23.0 Å². The number of hydrazone groups is 1. The molecule has 4 nitrogen and oxygen atoms in total. The topological polar surface area (TPSA) is 52.9 Å². The van der Waals surface area contributed by atoms with E-state index >= 15 is 0 Å². The van der Waals surface area contributed by atoms with E-state index in [2.05, 4.69) is 5.10 Å². The molecule has 0 saturated carbocycles. The number of aryl methyl sites for hydroxylation is 1. The number of halogens is 3. The van der Waals surface area contributed by atoms with Gasteiger partial charge in [-0.3, -0.25) is 4.79 Å². The normalized spacial score (nSPS) is 23.1. The van der Waals surface area contributed by atoms with E-state index in [4.69, 9.17) is 0 Å². The molecule has 1 aliphatic rings. The van der Waals surface area contributed by atoms with Gasteiger partial charge in [0, 0.05) is 22.4 Å². The van der Waals surface area contributed by atoms with E-state index < -0.39 is 24.2 Å². The van der Waals surface area contributed by atoms with Crippen LogP contribution in [0.5, 0.6) is 0 Å². The van der Waals surface area contributed by atoms with E-state index in [1.165, 1.54) is 23.6 Å². The maximum absolute atomic E-state index is 13.0. The minimum atomic E-state index is -4.97. The fourth-order valence-corrected chi connectivity index (χ4v) is 2.85. The van der Waals surface area contributed by atoms with E-state index in [-0.39, 0.29) is 16.3 Å². The first-order valence-electron chi connectivity index (χ1n) is 5.80. The standard InChI is InChI=1S/C12H13F3N2O2S/c1-6-4-11(19,12(13,14)15)17(16-6)10(18)9-5-20-8(3)7(9)2/h5,19H,4H2,1-3H3/t11-/m1/s1. The van der Waals surface area contributed by atoms with Gasteiger partial charge >= 0.3 is 6.18 Å². The molecule has 2 heterocycles. The van der Waals surface area contributed by atoms with Crippen LogP contribution in [-0.2, 0) is 0 Å². The molecule has 1 N–H and O–H groups in total. The number of hydrogen-bond acceptors (Lipinski definition) is 4. The predicted octanol–water partition coefficient (Wildman–Crippen LogP) is 2.84. The first-order valence-corrected chi connectivity index (χ1v) is 6.68. The first kappa shape index (κ1) is 15.0. The summed E-state index contributed by atoms with van der Waals surface area (Å²) in [4.78, 5) is 13.1. The van der Waals surface area contributed by atoms with Crippen molar-refractivity contribution in [3.63, 3.8) is 0 Å². The summed E-state index contributed by atoms with van der Waals surface area (Å²) >= 11 is 1.27. The van der Waals surface area contributed by atoms with Gasteiger partial charge in [0.1, 0.15) is 0 Å². The molecule has 0 saturated heterocycles. The average molecular weight is 306 g/mol. The predicted molar refractivity (Wildman–Crippen MR) is 68.7 cm³/mol. The van der Waals surface area contributed by atoms with Crippen molar-refractivity contribution < 1.29 is 23.1 Å². The van der Waals surface area contributed by atoms with Crippen LogP contribution in [0.1, 0.15) is 34.1 Å². The second-order valence-corrected chi connectivity index (χ2v) is 5.86. The number of aliphatic hydroxyl groups is 1. The Bertz CT molecular complexity index is 594. The van der Waals surface area contributed by atoms with Crippen molar-refractivity contribution in [1.29, 1.82) is 0 Å². The molecule has 1 aliphatic heterocycles. The van der Waals surface area contributed by atoms with E-state index in [0.29, 0.717) is 5.56 Å². The maximum Gasteiger partial charge on any atom is 0.438 e. The van der Waals surface area contributed by atoms with Crippen LogP contribution < -0.4 is 0 Å². The lowest BCUT2D eigenvalue weighted by molar-refractivity contribution is -0.297. The SMILES string of the molecule is CC1=NN(C(=O)c2csc(C)c2C)[C@](O)(C(F)(F)F)C1. The minimum absolute atomic E-state index is 0.0581. The van der Waals surface area contributed by atoms with Crippen LogP contribution >= 0.6 is 11.3 Å². The molecular weight excluding hydrogens is 293 g/mol. The van der Waals surface area contributed by atoms with E-state index in [0.717, 1.165) is 4.88 Å². The average Bonchev–Trinajstić information content (AvgIpc) is 2.80. The quantitative estimate of drug-likeness (QED) is 0.867. The molecule has 0 aromatic carbocycles. The van der Waals surface area contributed by atoms with E-state index in [1.807, 2.05) is 0 Å². The molecule has 0 fully saturated rings. The zero-order valence-electron chi connectivity index (χ0n) is 11.1. The molecule has 1 atom stereocenters. The molecule has 1 aromatic rings. The smallest absolute Gasteiger partial charge is 0.362 e. The zero-order valence-corrected chi connectivity index (χ0v) is 11.9. The van der Waals surface area contributed by atoms with Gasteiger partial charge in [0.15, 0.2) is 0 Å². The Morgan fingerprint density at radius 1 is 1.45 bits per heavy atom. The van der Waals surface area contributed by atoms with Gasteiger partial charge in [-0.25, -0.2) is 0 Å². The third-order valence-corrected chi connectivity index (χ3v) is 4.30. The van der Waals surface area contributed by atoms with Crippen LogP contribution in [0.15, 0.2) is 10.5 Å². The number of hydrogen-bond donors (Lipinski definition) is 1. The Kier molecular flexibility index (Phi) is 3.42. The number of nitrogens with zero attached hydrogens (tertiary/aromatic N) is 2. The van der Waals surface area contributed by atoms with Crippen LogP contribution in [-0.4, -0.2) is 33.6 Å². The van der Waals surface area contributed by atoms with Crippen molar-refractivity contribution in [3.05, 3.63) is 21.4 Å². The second kappa shape index (κ2) is 4.56. The lowest BCUT2D eigenvalue weighted by atomic mass is 10.1. The second-order valence-electron chi connectivity index (χ2n) is 4.77. The number of amides is 1. The first-order chi connectivity index (χ1) is 9.08. The molecule has 0 unspecified atom stereocenters. The molecule has 0 radical (unpaired) electrons. The third kappa shape index (κ3) is 2.12. The van der Waals surface area contributed by atoms with Crippen molar-refractivity contribution in [1.82, 2.24) is 5.01 Å². The molecule has 0 aliphatic carbocycles. The lowest BCUT2D eigenvalue weighted by Gasteiger charge is -2.32. The fourth-order valence-electron chi connectivity index (χ4n) is 1.99. The van der Waals surface area contributed by atoms with Gasteiger partial charge in [-0.2, -0.15) is 23.3 Å². The van der Waals surface area contributed by atoms with Gasteiger partial charge in [-0.1, -0.05) is 0 Å². The highest BCUT2D eigenvalue weighted by Gasteiger charge is 2.62. The third-order valence-electron chi connectivity index (χ3n) is 3.29. The molecule has 110 valence electrons. The molecule has 20 heavy (non-hydrogen) atoms. The Labute approximate surface area is 117 Å². The zero-order chi connectivity index (χ0) is 15.3. The van der Waals surface area contributed by atoms with E-state index in [9.17, 15) is 23.1 Å². The molecule has 1 aromatic heterocycles. The number of carbonyl (C=O) groups is 1. The van der Waals surface area contributed by atoms with Crippen molar-refractivity contribution in [2.75, 3.05) is 0 Å². The summed E-state index contributed by atoms with van der Waals surface area (Å²) in [6.07, 6.45) is -5.70. The molecular formula is C12H13F3N2O2S. The van der Waals surface area contributed by atoms with Gasteiger partial charge in [0.25, 0.3) is 11.6 Å². The Morgan fingerprint density at radius 3 is 2.50 bits per heavy atom. The Hall–Kier alpha value is -1.41. The number of rotatable bonds is 1. The Balaban J connectivity index is 2.45. The number of thiophene rings is 1. The summed E-state index contributed by atoms with van der Waals surface area (Å²) in [5.74, 6) is -0.941. The molecule has 8 heteroatoms. The molecule has 2 rings (SSSR count). The largest absolute Gasteiger partial charge is 0.438 e. The van der Waals surface area contributed by atoms with Gasteiger partial charge in [0.2, 0.25) is 0 Å². The highest BCUT2D eigenvalue weighted by Crippen LogP contribution is 2.41. The molecule has 1 amide bonds. The molecule has 0 bridgehead atoms. The van der Waals surface area contributed by atoms with Crippen LogP contribution in [0.25, 0.3) is 0 Å². The maximum atomic E-state index is 13.0. The van der Waals surface area contributed by atoms with Crippen LogP contribution in [0.3, 0.4) is 0 Å². The number of carbonyl (C=O) groups excluding carboxylic acids is 1. The van der Waals surface area contributed by atoms with Crippen molar-refractivity contribution in [2.24, 2.45) is 5.10 Å². The summed E-state index contributed by atoms with van der Waals surface area (Å²) in [5.41, 5.74) is -2.48. The number of alkyl halides is 3. The van der Waals surface area contributed by atoms with Gasteiger partial charge < -0.3 is 5.11 Å². The summed E-state index contributed by atoms with van der Waals surface area (Å²) < 4.78 is 39.1. The summed E-state index contributed by atoms with van der Waals surface area (Å²) in [6, 6.07) is 0. The highest BCUT2D eigenvalue weighted by atomic mass is 32.1. The monoisotopic (exact) mass is 306 g/mol. The van der Waals surface area contributed by atoms with Crippen molar-refractivity contribution in [2.45, 2.75) is 39.1 Å². The van der Waals surface area contributed by atoms with E-state index in [1.54, 1.807) is 13.8 Å². The fraction of sp³-hybridized carbons (Fsp3) is 0.500. The van der Waals surface area contributed by atoms with Crippen LogP contribution in [0.4, 0.5) is 13.2 Å². The van der Waals surface area contributed by atoms with Crippen molar-refractivity contribution in [3.8, 4) is 0 Å². The summed E-state index contributed by atoms with van der Waals surface area (Å²) in [6.45, 7) is 4.76. The van der Waals surface area contributed by atoms with Gasteiger partial charge in [-0.05, 0) is 26.3 Å². The minimum Gasteiger partial charge on any atom is -0.362 e. The van der Waals surface area contributed by atoms with Crippen LogP contribution in [0, 0.1) is 13.8 Å².